The average Bonchev–Trinajstić information content (AvgIpc) is 1.79. The second-order valence-electron chi connectivity index (χ2n) is 2.44. The lowest BCUT2D eigenvalue weighted by Crippen LogP contribution is -2.13. The fourth-order valence-corrected chi connectivity index (χ4v) is 1.36. The van der Waals surface area contributed by atoms with E-state index in [0.29, 0.717) is 6.42 Å². The molecule has 0 atom stereocenters. The molecule has 0 bridgehead atoms. The fraction of sp³-hybridized carbons (Fsp3) is 0.571. The zero-order chi connectivity index (χ0) is 8.91. The van der Waals surface area contributed by atoms with Crippen molar-refractivity contribution in [3.63, 3.8) is 0 Å². The van der Waals surface area contributed by atoms with Crippen molar-refractivity contribution < 1.29 is 13.2 Å². The Morgan fingerprint density at radius 2 is 2.09 bits per heavy atom. The number of allylic oxidation sites excluding steroid dienone is 1. The van der Waals surface area contributed by atoms with Crippen molar-refractivity contribution in [2.45, 2.75) is 12.8 Å². The van der Waals surface area contributed by atoms with Crippen LogP contribution in [0.25, 0.3) is 0 Å². The third-order valence-electron chi connectivity index (χ3n) is 1.05. The Kier molecular flexibility index (Phi) is 4.03. The Bertz CT molecular complexity index is 238. The first kappa shape index (κ1) is 10.4. The van der Waals surface area contributed by atoms with Crippen LogP contribution in [0.15, 0.2) is 12.7 Å². The molecular weight excluding hydrogens is 164 g/mol. The van der Waals surface area contributed by atoms with Crippen molar-refractivity contribution in [3.8, 4) is 0 Å². The SMILES string of the molecule is C=CCCC(=O)CS(C)(=O)=O. The molecule has 3 nitrogen and oxygen atoms in total. The maximum atomic E-state index is 10.8. The maximum absolute atomic E-state index is 10.8. The number of rotatable bonds is 5. The number of Topliss-reactive ketones (excluding diaryl/α,β-unsaturated/α-hetero) is 1. The molecule has 0 N–H and O–H groups in total. The molecule has 64 valence electrons. The Balaban J connectivity index is 3.80. The van der Waals surface area contributed by atoms with Gasteiger partial charge in [-0.2, -0.15) is 0 Å². The zero-order valence-corrected chi connectivity index (χ0v) is 7.36. The van der Waals surface area contributed by atoms with Gasteiger partial charge in [0.05, 0.1) is 0 Å². The van der Waals surface area contributed by atoms with Gasteiger partial charge in [0.1, 0.15) is 11.5 Å². The minimum Gasteiger partial charge on any atom is -0.299 e. The van der Waals surface area contributed by atoms with Crippen LogP contribution < -0.4 is 0 Å². The third kappa shape index (κ3) is 7.25. The maximum Gasteiger partial charge on any atom is 0.154 e. The van der Waals surface area contributed by atoms with Gasteiger partial charge in [-0.1, -0.05) is 6.08 Å². The molecule has 0 unspecified atom stereocenters. The van der Waals surface area contributed by atoms with E-state index in [1.54, 1.807) is 6.08 Å². The highest BCUT2D eigenvalue weighted by atomic mass is 32.2. The lowest BCUT2D eigenvalue weighted by Gasteiger charge is -1.94. The van der Waals surface area contributed by atoms with Crippen molar-refractivity contribution in [2.75, 3.05) is 12.0 Å². The van der Waals surface area contributed by atoms with E-state index in [4.69, 9.17) is 0 Å². The summed E-state index contributed by atoms with van der Waals surface area (Å²) in [5.74, 6) is -0.590. The highest BCUT2D eigenvalue weighted by Gasteiger charge is 2.08. The molecular formula is C7H12O3S. The van der Waals surface area contributed by atoms with Crippen LogP contribution in [0.1, 0.15) is 12.8 Å². The van der Waals surface area contributed by atoms with Crippen LogP contribution in [-0.4, -0.2) is 26.2 Å². The topological polar surface area (TPSA) is 51.2 Å². The van der Waals surface area contributed by atoms with E-state index in [1.807, 2.05) is 0 Å². The lowest BCUT2D eigenvalue weighted by atomic mass is 10.2. The predicted octanol–water partition coefficient (Wildman–Crippen LogP) is 0.566. The summed E-state index contributed by atoms with van der Waals surface area (Å²) in [6.45, 7) is 3.43. The quantitative estimate of drug-likeness (QED) is 0.575. The molecule has 0 aromatic heterocycles. The van der Waals surface area contributed by atoms with Gasteiger partial charge < -0.3 is 0 Å². The van der Waals surface area contributed by atoms with Gasteiger partial charge in [0, 0.05) is 12.7 Å². The molecule has 0 fully saturated rings. The number of carbonyl (C=O) groups is 1. The van der Waals surface area contributed by atoms with Gasteiger partial charge in [0.25, 0.3) is 0 Å². The molecule has 0 spiro atoms. The lowest BCUT2D eigenvalue weighted by molar-refractivity contribution is -0.116. The Morgan fingerprint density at radius 1 is 1.55 bits per heavy atom. The average molecular weight is 176 g/mol. The molecule has 0 aromatic carbocycles. The summed E-state index contributed by atoms with van der Waals surface area (Å²) >= 11 is 0. The highest BCUT2D eigenvalue weighted by molar-refractivity contribution is 7.91. The van der Waals surface area contributed by atoms with Gasteiger partial charge in [-0.05, 0) is 6.42 Å². The monoisotopic (exact) mass is 176 g/mol. The van der Waals surface area contributed by atoms with E-state index >= 15 is 0 Å². The molecule has 0 aliphatic heterocycles. The summed E-state index contributed by atoms with van der Waals surface area (Å²) in [5.41, 5.74) is 0. The van der Waals surface area contributed by atoms with Gasteiger partial charge in [0.15, 0.2) is 9.84 Å². The first-order chi connectivity index (χ1) is 4.95. The van der Waals surface area contributed by atoms with Gasteiger partial charge >= 0.3 is 0 Å². The molecule has 11 heavy (non-hydrogen) atoms. The molecule has 0 rings (SSSR count). The summed E-state index contributed by atoms with van der Waals surface area (Å²) in [7, 11) is -3.14. The molecule has 0 radical (unpaired) electrons. The minimum absolute atomic E-state index is 0.243. The molecule has 0 aliphatic rings. The molecule has 0 saturated heterocycles. The molecule has 0 amide bonds. The second kappa shape index (κ2) is 4.28. The number of carbonyl (C=O) groups excluding carboxylic acids is 1. The predicted molar refractivity (Wildman–Crippen MR) is 44.1 cm³/mol. The van der Waals surface area contributed by atoms with Crippen LogP contribution in [0.5, 0.6) is 0 Å². The van der Waals surface area contributed by atoms with E-state index in [2.05, 4.69) is 6.58 Å². The first-order valence-electron chi connectivity index (χ1n) is 3.26. The van der Waals surface area contributed by atoms with Gasteiger partial charge in [0.2, 0.25) is 0 Å². The number of hydrogen-bond acceptors (Lipinski definition) is 3. The van der Waals surface area contributed by atoms with E-state index in [0.717, 1.165) is 6.26 Å². The van der Waals surface area contributed by atoms with Crippen LogP contribution in [0.2, 0.25) is 0 Å². The highest BCUT2D eigenvalue weighted by Crippen LogP contribution is 1.94. The number of ketones is 1. The summed E-state index contributed by atoms with van der Waals surface area (Å²) in [5, 5.41) is 0. The molecule has 0 aromatic rings. The van der Waals surface area contributed by atoms with Gasteiger partial charge in [-0.25, -0.2) is 8.42 Å². The Morgan fingerprint density at radius 3 is 2.45 bits per heavy atom. The van der Waals surface area contributed by atoms with Crippen LogP contribution >= 0.6 is 0 Å². The largest absolute Gasteiger partial charge is 0.299 e. The summed E-state index contributed by atoms with van der Waals surface area (Å²) < 4.78 is 21.1. The van der Waals surface area contributed by atoms with E-state index in [-0.39, 0.29) is 18.0 Å². The van der Waals surface area contributed by atoms with Crippen LogP contribution in [0.4, 0.5) is 0 Å². The third-order valence-corrected chi connectivity index (χ3v) is 1.90. The van der Waals surface area contributed by atoms with Crippen LogP contribution in [0.3, 0.4) is 0 Å². The second-order valence-corrected chi connectivity index (χ2v) is 4.58. The van der Waals surface area contributed by atoms with Crippen LogP contribution in [-0.2, 0) is 14.6 Å². The minimum atomic E-state index is -3.14. The zero-order valence-electron chi connectivity index (χ0n) is 6.54. The van der Waals surface area contributed by atoms with E-state index in [1.165, 1.54) is 0 Å². The summed E-state index contributed by atoms with van der Waals surface area (Å²) in [6.07, 6.45) is 3.48. The molecule has 0 saturated carbocycles. The Hall–Kier alpha value is -0.640. The standard InChI is InChI=1S/C7H12O3S/c1-3-4-5-7(8)6-11(2,9)10/h3H,1,4-6H2,2H3. The van der Waals surface area contributed by atoms with Crippen molar-refractivity contribution in [1.82, 2.24) is 0 Å². The number of sulfone groups is 1. The first-order valence-corrected chi connectivity index (χ1v) is 5.32. The van der Waals surface area contributed by atoms with Gasteiger partial charge in [-0.3, -0.25) is 4.79 Å². The van der Waals surface area contributed by atoms with Crippen LogP contribution in [0, 0.1) is 0 Å². The van der Waals surface area contributed by atoms with E-state index < -0.39 is 9.84 Å². The van der Waals surface area contributed by atoms with Crippen molar-refractivity contribution in [2.24, 2.45) is 0 Å². The van der Waals surface area contributed by atoms with Crippen molar-refractivity contribution >= 4 is 15.6 Å². The summed E-state index contributed by atoms with van der Waals surface area (Å²) in [4.78, 5) is 10.8. The molecule has 0 heterocycles. The van der Waals surface area contributed by atoms with Gasteiger partial charge in [-0.15, -0.1) is 6.58 Å². The number of hydrogen-bond donors (Lipinski definition) is 0. The van der Waals surface area contributed by atoms with E-state index in [9.17, 15) is 13.2 Å². The van der Waals surface area contributed by atoms with Crippen molar-refractivity contribution in [3.05, 3.63) is 12.7 Å². The van der Waals surface area contributed by atoms with Crippen molar-refractivity contribution in [1.29, 1.82) is 0 Å². The Labute approximate surface area is 67.0 Å². The fourth-order valence-electron chi connectivity index (χ4n) is 0.628. The summed E-state index contributed by atoms with van der Waals surface area (Å²) in [6, 6.07) is 0. The smallest absolute Gasteiger partial charge is 0.154 e. The molecule has 4 heteroatoms. The normalized spacial score (nSPS) is 11.0. The molecule has 0 aliphatic carbocycles.